The molecule has 1 aliphatic heterocycles. The molecule has 7 nitrogen and oxygen atoms in total. The monoisotopic (exact) mass is 436 g/mol. The summed E-state index contributed by atoms with van der Waals surface area (Å²) in [7, 11) is 3.09. The van der Waals surface area contributed by atoms with E-state index in [1.807, 2.05) is 26.0 Å². The van der Waals surface area contributed by atoms with Gasteiger partial charge in [-0.05, 0) is 68.8 Å². The maximum atomic E-state index is 13.0. The number of anilines is 1. The Bertz CT molecular complexity index is 1100. The molecule has 2 aromatic rings. The van der Waals surface area contributed by atoms with Crippen molar-refractivity contribution < 1.29 is 23.8 Å². The lowest BCUT2D eigenvalue weighted by molar-refractivity contribution is -0.117. The summed E-state index contributed by atoms with van der Waals surface area (Å²) >= 11 is 0. The molecule has 168 valence electrons. The van der Waals surface area contributed by atoms with E-state index < -0.39 is 11.6 Å². The molecule has 1 amide bonds. The van der Waals surface area contributed by atoms with E-state index in [1.54, 1.807) is 50.4 Å². The fourth-order valence-electron chi connectivity index (χ4n) is 3.24. The zero-order valence-electron chi connectivity index (χ0n) is 18.9. The van der Waals surface area contributed by atoms with Crippen molar-refractivity contribution in [2.75, 3.05) is 19.5 Å². The maximum absolute atomic E-state index is 13.0. The molecule has 1 atom stereocenters. The third-order valence-electron chi connectivity index (χ3n) is 4.98. The summed E-state index contributed by atoms with van der Waals surface area (Å²) in [6.45, 7) is 5.44. The standard InChI is InChI=1S/C25H28N2O5/c1-15(26)24(29)27-19-14-16(7-10-22(19)31-5)6-9-20(28)17-8-11-21(30-4)18-12-13-25(2,3)32-23(17)18/h6-15H,26H2,1-5H3,(H,27,29)/b9-6+/t15-/m1/s1. The van der Waals surface area contributed by atoms with E-state index in [-0.39, 0.29) is 11.7 Å². The highest BCUT2D eigenvalue weighted by molar-refractivity contribution is 6.09. The van der Waals surface area contributed by atoms with Crippen LogP contribution in [0.5, 0.6) is 17.2 Å². The Morgan fingerprint density at radius 1 is 1.12 bits per heavy atom. The third-order valence-corrected chi connectivity index (χ3v) is 4.98. The van der Waals surface area contributed by atoms with Gasteiger partial charge in [0.1, 0.15) is 22.8 Å². The highest BCUT2D eigenvalue weighted by Crippen LogP contribution is 2.40. The van der Waals surface area contributed by atoms with Crippen molar-refractivity contribution in [1.82, 2.24) is 0 Å². The van der Waals surface area contributed by atoms with E-state index >= 15 is 0 Å². The van der Waals surface area contributed by atoms with Crippen LogP contribution in [-0.2, 0) is 4.79 Å². The van der Waals surface area contributed by atoms with Crippen LogP contribution in [0.25, 0.3) is 12.2 Å². The van der Waals surface area contributed by atoms with E-state index in [9.17, 15) is 9.59 Å². The summed E-state index contributed by atoms with van der Waals surface area (Å²) < 4.78 is 16.8. The second-order valence-corrected chi connectivity index (χ2v) is 8.03. The fraction of sp³-hybridized carbons (Fsp3) is 0.280. The van der Waals surface area contributed by atoms with Crippen molar-refractivity contribution in [2.24, 2.45) is 5.73 Å². The average molecular weight is 437 g/mol. The predicted molar refractivity (Wildman–Crippen MR) is 125 cm³/mol. The molecule has 0 saturated heterocycles. The van der Waals surface area contributed by atoms with Crippen molar-refractivity contribution in [1.29, 1.82) is 0 Å². The van der Waals surface area contributed by atoms with E-state index in [2.05, 4.69) is 5.32 Å². The number of fused-ring (bicyclic) bond motifs is 1. The molecule has 3 rings (SSSR count). The lowest BCUT2D eigenvalue weighted by Gasteiger charge is -2.29. The number of hydrogen-bond donors (Lipinski definition) is 2. The maximum Gasteiger partial charge on any atom is 0.241 e. The Morgan fingerprint density at radius 2 is 1.81 bits per heavy atom. The van der Waals surface area contributed by atoms with Gasteiger partial charge in [0.05, 0.1) is 37.1 Å². The first-order chi connectivity index (χ1) is 15.1. The minimum atomic E-state index is -0.667. The van der Waals surface area contributed by atoms with Gasteiger partial charge in [-0.1, -0.05) is 12.1 Å². The van der Waals surface area contributed by atoms with Gasteiger partial charge in [-0.25, -0.2) is 0 Å². The molecule has 0 bridgehead atoms. The lowest BCUT2D eigenvalue weighted by atomic mass is 9.97. The number of amides is 1. The second kappa shape index (κ2) is 9.28. The van der Waals surface area contributed by atoms with Gasteiger partial charge in [0.15, 0.2) is 5.78 Å². The highest BCUT2D eigenvalue weighted by Gasteiger charge is 2.27. The average Bonchev–Trinajstić information content (AvgIpc) is 2.76. The number of nitrogens with two attached hydrogens (primary N) is 1. The molecule has 0 aromatic heterocycles. The van der Waals surface area contributed by atoms with Crippen LogP contribution in [-0.4, -0.2) is 37.6 Å². The number of ketones is 1. The Hall–Kier alpha value is -3.58. The summed E-state index contributed by atoms with van der Waals surface area (Å²) in [5, 5.41) is 2.73. The number of carbonyl (C=O) groups excluding carboxylic acids is 2. The van der Waals surface area contributed by atoms with Crippen LogP contribution in [0.3, 0.4) is 0 Å². The quantitative estimate of drug-likeness (QED) is 0.501. The van der Waals surface area contributed by atoms with Crippen LogP contribution >= 0.6 is 0 Å². The molecule has 0 aliphatic carbocycles. The molecule has 0 radical (unpaired) electrons. The number of carbonyl (C=O) groups is 2. The van der Waals surface area contributed by atoms with E-state index in [4.69, 9.17) is 19.9 Å². The van der Waals surface area contributed by atoms with Crippen LogP contribution < -0.4 is 25.3 Å². The largest absolute Gasteiger partial charge is 0.496 e. The topological polar surface area (TPSA) is 99.9 Å². The van der Waals surface area contributed by atoms with Gasteiger partial charge < -0.3 is 25.3 Å². The first-order valence-electron chi connectivity index (χ1n) is 10.2. The SMILES string of the molecule is COc1ccc(/C=C/C(=O)c2ccc(OC)c3c2OC(C)(C)C=C3)cc1NC(=O)[C@@H](C)N. The molecule has 1 heterocycles. The predicted octanol–water partition coefficient (Wildman–Crippen LogP) is 4.07. The van der Waals surface area contributed by atoms with Crippen molar-refractivity contribution in [3.05, 3.63) is 59.2 Å². The summed E-state index contributed by atoms with van der Waals surface area (Å²) in [5.41, 5.74) is 7.45. The van der Waals surface area contributed by atoms with Crippen LogP contribution in [0.15, 0.2) is 42.5 Å². The number of ether oxygens (including phenoxy) is 3. The normalized spacial score (nSPS) is 14.9. The van der Waals surface area contributed by atoms with Gasteiger partial charge in [-0.15, -0.1) is 0 Å². The van der Waals surface area contributed by atoms with Gasteiger partial charge in [-0.2, -0.15) is 0 Å². The van der Waals surface area contributed by atoms with Gasteiger partial charge in [0.2, 0.25) is 5.91 Å². The van der Waals surface area contributed by atoms with Gasteiger partial charge in [0.25, 0.3) is 0 Å². The lowest BCUT2D eigenvalue weighted by Crippen LogP contribution is -2.32. The number of rotatable bonds is 7. The number of methoxy groups -OCH3 is 2. The summed E-state index contributed by atoms with van der Waals surface area (Å²) in [5.74, 6) is 1.07. The molecule has 2 aromatic carbocycles. The third kappa shape index (κ3) is 5.00. The Morgan fingerprint density at radius 3 is 2.47 bits per heavy atom. The molecule has 0 spiro atoms. The Kier molecular flexibility index (Phi) is 6.69. The van der Waals surface area contributed by atoms with E-state index in [0.29, 0.717) is 34.1 Å². The van der Waals surface area contributed by atoms with Crippen LogP contribution in [0.1, 0.15) is 42.3 Å². The first-order valence-corrected chi connectivity index (χ1v) is 10.2. The minimum Gasteiger partial charge on any atom is -0.496 e. The van der Waals surface area contributed by atoms with Gasteiger partial charge in [0, 0.05) is 0 Å². The number of hydrogen-bond acceptors (Lipinski definition) is 6. The van der Waals surface area contributed by atoms with Crippen molar-refractivity contribution in [2.45, 2.75) is 32.4 Å². The van der Waals surface area contributed by atoms with Crippen LogP contribution in [0.4, 0.5) is 5.69 Å². The fourth-order valence-corrected chi connectivity index (χ4v) is 3.24. The molecular weight excluding hydrogens is 408 g/mol. The molecule has 0 unspecified atom stereocenters. The zero-order chi connectivity index (χ0) is 23.5. The van der Waals surface area contributed by atoms with Crippen LogP contribution in [0.2, 0.25) is 0 Å². The Labute approximate surface area is 187 Å². The van der Waals surface area contributed by atoms with Crippen molar-refractivity contribution >= 4 is 29.5 Å². The first kappa shape index (κ1) is 23.1. The van der Waals surface area contributed by atoms with Crippen molar-refractivity contribution in [3.63, 3.8) is 0 Å². The molecule has 7 heteroatoms. The summed E-state index contributed by atoms with van der Waals surface area (Å²) in [6.07, 6.45) is 6.98. The highest BCUT2D eigenvalue weighted by atomic mass is 16.5. The summed E-state index contributed by atoms with van der Waals surface area (Å²) in [6, 6.07) is 8.00. The zero-order valence-corrected chi connectivity index (χ0v) is 18.9. The molecule has 32 heavy (non-hydrogen) atoms. The van der Waals surface area contributed by atoms with E-state index in [0.717, 1.165) is 5.56 Å². The number of nitrogens with one attached hydrogen (secondary N) is 1. The minimum absolute atomic E-state index is 0.216. The van der Waals surface area contributed by atoms with Gasteiger partial charge >= 0.3 is 0 Å². The molecule has 3 N–H and O–H groups in total. The van der Waals surface area contributed by atoms with E-state index in [1.165, 1.54) is 13.2 Å². The number of allylic oxidation sites excluding steroid dienone is 1. The van der Waals surface area contributed by atoms with Crippen molar-refractivity contribution in [3.8, 4) is 17.2 Å². The molecular formula is C25H28N2O5. The van der Waals surface area contributed by atoms with Crippen LogP contribution in [0, 0.1) is 0 Å². The summed E-state index contributed by atoms with van der Waals surface area (Å²) in [4.78, 5) is 25.0. The Balaban J connectivity index is 1.91. The molecule has 0 saturated carbocycles. The van der Waals surface area contributed by atoms with Gasteiger partial charge in [-0.3, -0.25) is 9.59 Å². The molecule has 0 fully saturated rings. The number of benzene rings is 2. The smallest absolute Gasteiger partial charge is 0.241 e. The second-order valence-electron chi connectivity index (χ2n) is 8.03. The molecule has 1 aliphatic rings.